The van der Waals surface area contributed by atoms with E-state index in [2.05, 4.69) is 5.10 Å². The molecule has 4 heteroatoms. The smallest absolute Gasteiger partial charge is 0.123 e. The van der Waals surface area contributed by atoms with Gasteiger partial charge in [0, 0.05) is 11.8 Å². The largest absolute Gasteiger partial charge is 0.268 e. The van der Waals surface area contributed by atoms with Crippen LogP contribution in [0.3, 0.4) is 0 Å². The first-order valence-electron chi connectivity index (χ1n) is 5.01. The van der Waals surface area contributed by atoms with Crippen LogP contribution in [-0.4, -0.2) is 9.78 Å². The highest BCUT2D eigenvalue weighted by molar-refractivity contribution is 6.17. The fourth-order valence-electron chi connectivity index (χ4n) is 1.57. The minimum atomic E-state index is -0.205. The van der Waals surface area contributed by atoms with E-state index < -0.39 is 0 Å². The summed E-state index contributed by atoms with van der Waals surface area (Å²) in [5.41, 5.74) is 2.98. The van der Waals surface area contributed by atoms with Crippen molar-refractivity contribution in [3.8, 4) is 0 Å². The first-order chi connectivity index (χ1) is 7.69. The van der Waals surface area contributed by atoms with Crippen molar-refractivity contribution >= 4 is 11.6 Å². The third kappa shape index (κ3) is 2.42. The standard InChI is InChI=1S/C12H12ClFN2/c1-9-4-12(14)3-2-11(9)8-16-7-10(5-13)6-15-16/h2-4,6-7H,5,8H2,1H3. The molecular weight excluding hydrogens is 227 g/mol. The Kier molecular flexibility index (Phi) is 3.25. The van der Waals surface area contributed by atoms with Crippen molar-refractivity contribution in [2.24, 2.45) is 0 Å². The number of halogens is 2. The van der Waals surface area contributed by atoms with Gasteiger partial charge >= 0.3 is 0 Å². The molecule has 0 aliphatic carbocycles. The van der Waals surface area contributed by atoms with Crippen LogP contribution in [0.25, 0.3) is 0 Å². The summed E-state index contributed by atoms with van der Waals surface area (Å²) >= 11 is 5.69. The Hall–Kier alpha value is -1.35. The van der Waals surface area contributed by atoms with Crippen LogP contribution in [0, 0.1) is 12.7 Å². The lowest BCUT2D eigenvalue weighted by Crippen LogP contribution is -2.02. The van der Waals surface area contributed by atoms with Gasteiger partial charge in [0.05, 0.1) is 18.6 Å². The summed E-state index contributed by atoms with van der Waals surface area (Å²) in [5.74, 6) is 0.255. The summed E-state index contributed by atoms with van der Waals surface area (Å²) in [6.07, 6.45) is 3.64. The predicted molar refractivity (Wildman–Crippen MR) is 62.0 cm³/mol. The minimum absolute atomic E-state index is 0.205. The number of nitrogens with zero attached hydrogens (tertiary/aromatic N) is 2. The third-order valence-electron chi connectivity index (χ3n) is 2.48. The van der Waals surface area contributed by atoms with Crippen LogP contribution in [0.2, 0.25) is 0 Å². The Balaban J connectivity index is 2.20. The van der Waals surface area contributed by atoms with Crippen LogP contribution < -0.4 is 0 Å². The lowest BCUT2D eigenvalue weighted by atomic mass is 10.1. The molecule has 0 saturated heterocycles. The highest BCUT2D eigenvalue weighted by atomic mass is 35.5. The van der Waals surface area contributed by atoms with Gasteiger partial charge in [0.1, 0.15) is 5.82 Å². The van der Waals surface area contributed by atoms with Crippen LogP contribution in [0.15, 0.2) is 30.6 Å². The van der Waals surface area contributed by atoms with Crippen LogP contribution in [0.1, 0.15) is 16.7 Å². The van der Waals surface area contributed by atoms with E-state index in [0.717, 1.165) is 16.7 Å². The lowest BCUT2D eigenvalue weighted by molar-refractivity contribution is 0.622. The molecule has 0 unspecified atom stereocenters. The molecule has 2 rings (SSSR count). The fourth-order valence-corrected chi connectivity index (χ4v) is 1.71. The van der Waals surface area contributed by atoms with E-state index in [1.54, 1.807) is 16.9 Å². The second-order valence-corrected chi connectivity index (χ2v) is 4.02. The van der Waals surface area contributed by atoms with E-state index >= 15 is 0 Å². The highest BCUT2D eigenvalue weighted by Crippen LogP contribution is 2.12. The number of benzene rings is 1. The average Bonchev–Trinajstić information content (AvgIpc) is 2.70. The summed E-state index contributed by atoms with van der Waals surface area (Å²) in [7, 11) is 0. The molecule has 0 fully saturated rings. The zero-order valence-corrected chi connectivity index (χ0v) is 9.71. The summed E-state index contributed by atoms with van der Waals surface area (Å²) in [4.78, 5) is 0. The molecule has 0 atom stereocenters. The molecule has 0 radical (unpaired) electrons. The van der Waals surface area contributed by atoms with Crippen molar-refractivity contribution in [1.82, 2.24) is 9.78 Å². The average molecular weight is 239 g/mol. The normalized spacial score (nSPS) is 10.7. The molecule has 1 heterocycles. The van der Waals surface area contributed by atoms with Crippen molar-refractivity contribution in [3.05, 3.63) is 53.1 Å². The number of alkyl halides is 1. The molecule has 1 aromatic heterocycles. The Morgan fingerprint density at radius 1 is 1.44 bits per heavy atom. The first-order valence-corrected chi connectivity index (χ1v) is 5.55. The molecule has 0 bridgehead atoms. The third-order valence-corrected chi connectivity index (χ3v) is 2.79. The van der Waals surface area contributed by atoms with Gasteiger partial charge in [0.25, 0.3) is 0 Å². The van der Waals surface area contributed by atoms with Gasteiger partial charge in [0.15, 0.2) is 0 Å². The second kappa shape index (κ2) is 4.66. The molecule has 1 aromatic carbocycles. The van der Waals surface area contributed by atoms with Crippen LogP contribution in [0.5, 0.6) is 0 Å². The number of hydrogen-bond acceptors (Lipinski definition) is 1. The van der Waals surface area contributed by atoms with E-state index in [1.165, 1.54) is 12.1 Å². The zero-order valence-electron chi connectivity index (χ0n) is 8.95. The van der Waals surface area contributed by atoms with E-state index in [-0.39, 0.29) is 5.82 Å². The maximum Gasteiger partial charge on any atom is 0.123 e. The van der Waals surface area contributed by atoms with Crippen LogP contribution >= 0.6 is 11.6 Å². The van der Waals surface area contributed by atoms with Gasteiger partial charge in [-0.3, -0.25) is 4.68 Å². The second-order valence-electron chi connectivity index (χ2n) is 3.75. The molecule has 0 N–H and O–H groups in total. The zero-order chi connectivity index (χ0) is 11.5. The number of hydrogen-bond donors (Lipinski definition) is 0. The summed E-state index contributed by atoms with van der Waals surface area (Å²) in [6, 6.07) is 4.78. The van der Waals surface area contributed by atoms with E-state index in [0.29, 0.717) is 12.4 Å². The van der Waals surface area contributed by atoms with Gasteiger partial charge in [-0.2, -0.15) is 5.10 Å². The highest BCUT2D eigenvalue weighted by Gasteiger charge is 2.02. The quantitative estimate of drug-likeness (QED) is 0.752. The van der Waals surface area contributed by atoms with Gasteiger partial charge in [-0.05, 0) is 30.2 Å². The Bertz CT molecular complexity index is 494. The maximum absolute atomic E-state index is 12.9. The van der Waals surface area contributed by atoms with Crippen molar-refractivity contribution in [3.63, 3.8) is 0 Å². The lowest BCUT2D eigenvalue weighted by Gasteiger charge is -2.05. The molecular formula is C12H12ClFN2. The van der Waals surface area contributed by atoms with E-state index in [4.69, 9.17) is 11.6 Å². The number of aryl methyl sites for hydroxylation is 1. The fraction of sp³-hybridized carbons (Fsp3) is 0.250. The molecule has 84 valence electrons. The summed E-state index contributed by atoms with van der Waals surface area (Å²) < 4.78 is 14.7. The minimum Gasteiger partial charge on any atom is -0.268 e. The maximum atomic E-state index is 12.9. The van der Waals surface area contributed by atoms with Crippen LogP contribution in [-0.2, 0) is 12.4 Å². The van der Waals surface area contributed by atoms with Gasteiger partial charge in [0.2, 0.25) is 0 Å². The summed E-state index contributed by atoms with van der Waals surface area (Å²) in [6.45, 7) is 2.54. The molecule has 0 aliphatic heterocycles. The van der Waals surface area contributed by atoms with Crippen LogP contribution in [0.4, 0.5) is 4.39 Å². The topological polar surface area (TPSA) is 17.8 Å². The number of aromatic nitrogens is 2. The van der Waals surface area contributed by atoms with Gasteiger partial charge in [-0.1, -0.05) is 6.07 Å². The summed E-state index contributed by atoms with van der Waals surface area (Å²) in [5, 5.41) is 4.18. The monoisotopic (exact) mass is 238 g/mol. The van der Waals surface area contributed by atoms with E-state index in [1.807, 2.05) is 13.1 Å². The van der Waals surface area contributed by atoms with Gasteiger partial charge in [-0.15, -0.1) is 11.6 Å². The molecule has 0 spiro atoms. The Labute approximate surface area is 98.7 Å². The first kappa shape index (κ1) is 11.1. The van der Waals surface area contributed by atoms with E-state index in [9.17, 15) is 4.39 Å². The molecule has 0 aliphatic rings. The van der Waals surface area contributed by atoms with Gasteiger partial charge < -0.3 is 0 Å². The molecule has 2 nitrogen and oxygen atoms in total. The molecule has 16 heavy (non-hydrogen) atoms. The molecule has 2 aromatic rings. The predicted octanol–water partition coefficient (Wildman–Crippen LogP) is 3.12. The van der Waals surface area contributed by atoms with Gasteiger partial charge in [-0.25, -0.2) is 4.39 Å². The Morgan fingerprint density at radius 2 is 2.25 bits per heavy atom. The van der Waals surface area contributed by atoms with Crippen molar-refractivity contribution < 1.29 is 4.39 Å². The Morgan fingerprint density at radius 3 is 2.88 bits per heavy atom. The number of rotatable bonds is 3. The molecule has 0 amide bonds. The van der Waals surface area contributed by atoms with Crippen molar-refractivity contribution in [1.29, 1.82) is 0 Å². The van der Waals surface area contributed by atoms with Crippen molar-refractivity contribution in [2.45, 2.75) is 19.3 Å². The molecule has 0 saturated carbocycles. The SMILES string of the molecule is Cc1cc(F)ccc1Cn1cc(CCl)cn1. The van der Waals surface area contributed by atoms with Crippen molar-refractivity contribution in [2.75, 3.05) is 0 Å².